The Morgan fingerprint density at radius 1 is 1.18 bits per heavy atom. The van der Waals surface area contributed by atoms with E-state index in [2.05, 4.69) is 15.6 Å². The van der Waals surface area contributed by atoms with E-state index >= 15 is 0 Å². The van der Waals surface area contributed by atoms with Crippen LogP contribution in [0, 0.1) is 6.92 Å². The van der Waals surface area contributed by atoms with Crippen LogP contribution < -0.4 is 10.6 Å². The Labute approximate surface area is 233 Å². The molecule has 1 saturated heterocycles. The predicted molar refractivity (Wildman–Crippen MR) is 139 cm³/mol. The van der Waals surface area contributed by atoms with Gasteiger partial charge in [0.1, 0.15) is 11.9 Å². The molecule has 0 aliphatic carbocycles. The maximum absolute atomic E-state index is 13.2. The van der Waals surface area contributed by atoms with Gasteiger partial charge in [0.2, 0.25) is 5.91 Å². The van der Waals surface area contributed by atoms with E-state index in [1.807, 2.05) is 18.7 Å². The lowest BCUT2D eigenvalue weighted by Gasteiger charge is -2.37. The van der Waals surface area contributed by atoms with Gasteiger partial charge in [-0.1, -0.05) is 24.9 Å². The number of anilines is 1. The molecule has 4 amide bonds. The SMILES string of the molecule is CCC[C@@H](NC(=O)Nc1ccc(Cl)cc1)C(=O)N1CCC(N2Cc3cnc(C)n3C2=O)CC1.O=C(O)C(F)(F)F. The van der Waals surface area contributed by atoms with Crippen molar-refractivity contribution >= 4 is 41.2 Å². The molecule has 2 aromatic rings. The number of amides is 4. The number of piperidine rings is 1. The number of hydrogen-bond donors (Lipinski definition) is 3. The van der Waals surface area contributed by atoms with Gasteiger partial charge < -0.3 is 25.5 Å². The summed E-state index contributed by atoms with van der Waals surface area (Å²) in [5.41, 5.74) is 1.52. The summed E-state index contributed by atoms with van der Waals surface area (Å²) in [7, 11) is 0. The zero-order valence-corrected chi connectivity index (χ0v) is 22.6. The molecule has 0 bridgehead atoms. The number of aryl methyl sites for hydroxylation is 1. The van der Waals surface area contributed by atoms with Crippen LogP contribution in [0.4, 0.5) is 28.4 Å². The molecule has 3 heterocycles. The number of aromatic nitrogens is 2. The molecule has 15 heteroatoms. The van der Waals surface area contributed by atoms with Crippen molar-refractivity contribution in [3.05, 3.63) is 47.0 Å². The number of urea groups is 1. The third kappa shape index (κ3) is 7.64. The number of carboxylic acids is 1. The smallest absolute Gasteiger partial charge is 0.475 e. The Hall–Kier alpha value is -3.81. The van der Waals surface area contributed by atoms with E-state index in [0.29, 0.717) is 55.4 Å². The summed E-state index contributed by atoms with van der Waals surface area (Å²) in [6.07, 6.45) is -0.585. The van der Waals surface area contributed by atoms with Crippen LogP contribution in [0.5, 0.6) is 0 Å². The first kappa shape index (κ1) is 30.7. The highest BCUT2D eigenvalue weighted by molar-refractivity contribution is 6.30. The van der Waals surface area contributed by atoms with E-state index in [9.17, 15) is 27.6 Å². The standard InChI is InChI=1S/C23H29ClN6O3.C2HF3O2/c1-3-4-20(27-22(32)26-17-7-5-16(24)6-8-17)21(31)28-11-9-18(10-12-28)29-14-19-13-25-15(2)30(19)23(29)33;3-2(4,5)1(6)7/h5-8,13,18,20H,3-4,9-12,14H2,1-2H3,(H2,26,27,32);(H,6,7)/t20-;/m1./s1. The van der Waals surface area contributed by atoms with Crippen molar-refractivity contribution in [3.8, 4) is 0 Å². The van der Waals surface area contributed by atoms with Crippen LogP contribution in [-0.4, -0.2) is 79.7 Å². The fraction of sp³-hybridized carbons (Fsp3) is 0.480. The first-order chi connectivity index (χ1) is 18.8. The molecule has 40 heavy (non-hydrogen) atoms. The number of carboxylic acid groups (broad SMARTS) is 1. The number of fused-ring (bicyclic) bond motifs is 1. The topological polar surface area (TPSA) is 137 Å². The van der Waals surface area contributed by atoms with Gasteiger partial charge in [0.05, 0.1) is 18.4 Å². The molecule has 3 N–H and O–H groups in total. The quantitative estimate of drug-likeness (QED) is 0.463. The van der Waals surface area contributed by atoms with E-state index in [0.717, 1.165) is 12.1 Å². The van der Waals surface area contributed by atoms with Crippen molar-refractivity contribution in [1.29, 1.82) is 0 Å². The van der Waals surface area contributed by atoms with E-state index in [1.165, 1.54) is 0 Å². The van der Waals surface area contributed by atoms with E-state index in [-0.39, 0.29) is 18.0 Å². The number of nitrogens with one attached hydrogen (secondary N) is 2. The third-order valence-corrected chi connectivity index (χ3v) is 6.77. The van der Waals surface area contributed by atoms with Gasteiger partial charge in [-0.15, -0.1) is 0 Å². The lowest BCUT2D eigenvalue weighted by molar-refractivity contribution is -0.192. The summed E-state index contributed by atoms with van der Waals surface area (Å²) in [4.78, 5) is 55.2. The van der Waals surface area contributed by atoms with Gasteiger partial charge in [-0.2, -0.15) is 13.2 Å². The fourth-order valence-electron chi connectivity index (χ4n) is 4.54. The summed E-state index contributed by atoms with van der Waals surface area (Å²) >= 11 is 5.88. The van der Waals surface area contributed by atoms with Crippen molar-refractivity contribution in [2.24, 2.45) is 0 Å². The lowest BCUT2D eigenvalue weighted by Crippen LogP contribution is -2.53. The lowest BCUT2D eigenvalue weighted by atomic mass is 10.0. The molecule has 1 aromatic heterocycles. The molecule has 0 unspecified atom stereocenters. The first-order valence-corrected chi connectivity index (χ1v) is 13.0. The Morgan fingerprint density at radius 2 is 1.77 bits per heavy atom. The van der Waals surface area contributed by atoms with Gasteiger partial charge >= 0.3 is 24.2 Å². The van der Waals surface area contributed by atoms with Gasteiger partial charge in [-0.05, 0) is 50.5 Å². The minimum absolute atomic E-state index is 0.0332. The van der Waals surface area contributed by atoms with Crippen LogP contribution in [0.1, 0.15) is 44.1 Å². The minimum atomic E-state index is -5.08. The molecular formula is C25H30ClF3N6O5. The van der Waals surface area contributed by atoms with Crippen LogP contribution >= 0.6 is 11.6 Å². The molecule has 1 aromatic carbocycles. The highest BCUT2D eigenvalue weighted by Crippen LogP contribution is 2.26. The molecule has 0 spiro atoms. The van der Waals surface area contributed by atoms with Crippen molar-refractivity contribution in [3.63, 3.8) is 0 Å². The zero-order chi connectivity index (χ0) is 29.6. The molecule has 11 nitrogen and oxygen atoms in total. The highest BCUT2D eigenvalue weighted by Gasteiger charge is 2.38. The van der Waals surface area contributed by atoms with Crippen LogP contribution in [0.15, 0.2) is 30.5 Å². The number of rotatable bonds is 6. The number of halogens is 4. The number of likely N-dealkylation sites (tertiary alicyclic amines) is 1. The summed E-state index contributed by atoms with van der Waals surface area (Å²) in [6.45, 7) is 5.48. The number of benzene rings is 1. The predicted octanol–water partition coefficient (Wildman–Crippen LogP) is 4.24. The van der Waals surface area contributed by atoms with Gasteiger partial charge in [-0.3, -0.25) is 9.36 Å². The van der Waals surface area contributed by atoms with Crippen molar-refractivity contribution in [2.45, 2.75) is 64.3 Å². The van der Waals surface area contributed by atoms with Crippen LogP contribution in [0.3, 0.4) is 0 Å². The van der Waals surface area contributed by atoms with Gasteiger partial charge in [0.25, 0.3) is 0 Å². The summed E-state index contributed by atoms with van der Waals surface area (Å²) < 4.78 is 33.4. The fourth-order valence-corrected chi connectivity index (χ4v) is 4.67. The number of aliphatic carboxylic acids is 1. The molecule has 2 aliphatic rings. The molecular weight excluding hydrogens is 557 g/mol. The number of alkyl halides is 3. The number of imidazole rings is 1. The Kier molecular flexibility index (Phi) is 10.0. The van der Waals surface area contributed by atoms with Crippen LogP contribution in [0.25, 0.3) is 0 Å². The summed E-state index contributed by atoms with van der Waals surface area (Å²) in [6, 6.07) is 5.83. The van der Waals surface area contributed by atoms with Crippen molar-refractivity contribution in [1.82, 2.24) is 24.7 Å². The molecule has 218 valence electrons. The average molecular weight is 587 g/mol. The van der Waals surface area contributed by atoms with E-state index in [4.69, 9.17) is 21.5 Å². The van der Waals surface area contributed by atoms with Crippen LogP contribution in [-0.2, 0) is 16.1 Å². The monoisotopic (exact) mass is 586 g/mol. The minimum Gasteiger partial charge on any atom is -0.475 e. The molecule has 0 radical (unpaired) electrons. The summed E-state index contributed by atoms with van der Waals surface area (Å²) in [5, 5.41) is 13.3. The maximum Gasteiger partial charge on any atom is 0.490 e. The zero-order valence-electron chi connectivity index (χ0n) is 21.9. The summed E-state index contributed by atoms with van der Waals surface area (Å²) in [5.74, 6) is -2.14. The number of carbonyl (C=O) groups is 4. The third-order valence-electron chi connectivity index (χ3n) is 6.52. The molecule has 2 aliphatic heterocycles. The van der Waals surface area contributed by atoms with Crippen molar-refractivity contribution < 1.29 is 37.5 Å². The Morgan fingerprint density at radius 3 is 2.30 bits per heavy atom. The van der Waals surface area contributed by atoms with Crippen LogP contribution in [0.2, 0.25) is 5.02 Å². The molecule has 4 rings (SSSR count). The average Bonchev–Trinajstić information content (AvgIpc) is 3.43. The van der Waals surface area contributed by atoms with Crippen molar-refractivity contribution in [2.75, 3.05) is 18.4 Å². The normalized spacial score (nSPS) is 16.1. The van der Waals surface area contributed by atoms with E-state index in [1.54, 1.807) is 39.9 Å². The second-order valence-electron chi connectivity index (χ2n) is 9.35. The Bertz CT molecular complexity index is 1230. The Balaban J connectivity index is 0.000000559. The molecule has 1 fully saturated rings. The first-order valence-electron chi connectivity index (χ1n) is 12.6. The molecule has 1 atom stereocenters. The second-order valence-corrected chi connectivity index (χ2v) is 9.79. The maximum atomic E-state index is 13.2. The highest BCUT2D eigenvalue weighted by atomic mass is 35.5. The van der Waals surface area contributed by atoms with Gasteiger partial charge in [0.15, 0.2) is 0 Å². The van der Waals surface area contributed by atoms with E-state index < -0.39 is 24.2 Å². The second kappa shape index (κ2) is 13.0. The largest absolute Gasteiger partial charge is 0.490 e. The van der Waals surface area contributed by atoms with Gasteiger partial charge in [0, 0.05) is 29.8 Å². The van der Waals surface area contributed by atoms with Gasteiger partial charge in [-0.25, -0.2) is 19.4 Å². The number of nitrogens with zero attached hydrogens (tertiary/aromatic N) is 4. The number of carbonyl (C=O) groups excluding carboxylic acids is 3. The number of hydrogen-bond acceptors (Lipinski definition) is 5. The molecule has 0 saturated carbocycles.